The molecule has 0 aliphatic carbocycles. The zero-order valence-corrected chi connectivity index (χ0v) is 16.6. The molecule has 26 heavy (non-hydrogen) atoms. The van der Waals surface area contributed by atoms with E-state index in [1.54, 1.807) is 0 Å². The standard InChI is InChI=1S/C21H35N3O2/c1-18(17-26-20-7-5-4-6-8-20)24-14-11-19(12-15-24)9-10-21(25)22-13-16-23(2)3/h4-8,18-19H,9-17H2,1-3H3,(H,22,25)/t18-/m0/s1. The van der Waals surface area contributed by atoms with E-state index in [2.05, 4.69) is 22.0 Å². The highest BCUT2D eigenvalue weighted by molar-refractivity contribution is 5.75. The maximum Gasteiger partial charge on any atom is 0.220 e. The van der Waals surface area contributed by atoms with E-state index >= 15 is 0 Å². The number of para-hydroxylation sites is 1. The van der Waals surface area contributed by atoms with Crippen LogP contribution in [-0.4, -0.2) is 68.6 Å². The molecule has 1 atom stereocenters. The Morgan fingerprint density at radius 1 is 1.27 bits per heavy atom. The van der Waals surface area contributed by atoms with Gasteiger partial charge in [0.25, 0.3) is 0 Å². The van der Waals surface area contributed by atoms with Gasteiger partial charge in [-0.15, -0.1) is 0 Å². The number of hydrogen-bond donors (Lipinski definition) is 1. The first-order chi connectivity index (χ1) is 12.5. The maximum absolute atomic E-state index is 11.9. The van der Waals surface area contributed by atoms with Crippen molar-refractivity contribution in [3.05, 3.63) is 30.3 Å². The van der Waals surface area contributed by atoms with Crippen molar-refractivity contribution in [2.75, 3.05) is 46.9 Å². The Hall–Kier alpha value is -1.59. The Morgan fingerprint density at radius 3 is 2.62 bits per heavy atom. The number of carbonyl (C=O) groups excluding carboxylic acids is 1. The summed E-state index contributed by atoms with van der Waals surface area (Å²) in [7, 11) is 4.04. The number of rotatable bonds is 10. The van der Waals surface area contributed by atoms with Gasteiger partial charge in [-0.25, -0.2) is 0 Å². The lowest BCUT2D eigenvalue weighted by atomic mass is 9.91. The Kier molecular flexibility index (Phi) is 8.92. The van der Waals surface area contributed by atoms with Gasteiger partial charge >= 0.3 is 0 Å². The van der Waals surface area contributed by atoms with E-state index in [1.807, 2.05) is 44.4 Å². The first-order valence-corrected chi connectivity index (χ1v) is 9.88. The number of benzene rings is 1. The molecule has 1 N–H and O–H groups in total. The third kappa shape index (κ3) is 7.75. The van der Waals surface area contributed by atoms with Crippen molar-refractivity contribution in [3.8, 4) is 5.75 Å². The molecule has 1 fully saturated rings. The van der Waals surface area contributed by atoms with Crippen LogP contribution in [0.5, 0.6) is 5.75 Å². The Balaban J connectivity index is 1.58. The number of nitrogens with one attached hydrogen (secondary N) is 1. The summed E-state index contributed by atoms with van der Waals surface area (Å²) < 4.78 is 5.88. The minimum Gasteiger partial charge on any atom is -0.492 e. The summed E-state index contributed by atoms with van der Waals surface area (Å²) in [5.74, 6) is 1.81. The second-order valence-corrected chi connectivity index (χ2v) is 7.64. The second kappa shape index (κ2) is 11.2. The van der Waals surface area contributed by atoms with Crippen LogP contribution in [0.2, 0.25) is 0 Å². The lowest BCUT2D eigenvalue weighted by Gasteiger charge is -2.35. The number of likely N-dealkylation sites (N-methyl/N-ethyl adjacent to an activating group) is 1. The lowest BCUT2D eigenvalue weighted by molar-refractivity contribution is -0.121. The van der Waals surface area contributed by atoms with Gasteiger partial charge in [0, 0.05) is 25.6 Å². The minimum absolute atomic E-state index is 0.193. The first kappa shape index (κ1) is 20.7. The minimum atomic E-state index is 0.193. The molecule has 2 rings (SSSR count). The van der Waals surface area contributed by atoms with Crippen molar-refractivity contribution < 1.29 is 9.53 Å². The van der Waals surface area contributed by atoms with Crippen LogP contribution in [0.25, 0.3) is 0 Å². The van der Waals surface area contributed by atoms with Crippen molar-refractivity contribution in [2.24, 2.45) is 5.92 Å². The van der Waals surface area contributed by atoms with Gasteiger partial charge in [0.15, 0.2) is 0 Å². The van der Waals surface area contributed by atoms with Crippen LogP contribution >= 0.6 is 0 Å². The predicted molar refractivity (Wildman–Crippen MR) is 106 cm³/mol. The van der Waals surface area contributed by atoms with Crippen LogP contribution in [-0.2, 0) is 4.79 Å². The number of amides is 1. The smallest absolute Gasteiger partial charge is 0.220 e. The largest absolute Gasteiger partial charge is 0.492 e. The molecule has 1 aliphatic rings. The predicted octanol–water partition coefficient (Wildman–Crippen LogP) is 2.62. The lowest BCUT2D eigenvalue weighted by Crippen LogP contribution is -2.43. The summed E-state index contributed by atoms with van der Waals surface area (Å²) >= 11 is 0. The van der Waals surface area contributed by atoms with Crippen LogP contribution < -0.4 is 10.1 Å². The third-order valence-corrected chi connectivity index (χ3v) is 5.17. The van der Waals surface area contributed by atoms with E-state index in [0.29, 0.717) is 18.4 Å². The van der Waals surface area contributed by atoms with Gasteiger partial charge < -0.3 is 15.0 Å². The zero-order chi connectivity index (χ0) is 18.8. The number of carbonyl (C=O) groups is 1. The molecule has 5 nitrogen and oxygen atoms in total. The fourth-order valence-electron chi connectivity index (χ4n) is 3.36. The molecule has 1 heterocycles. The van der Waals surface area contributed by atoms with Gasteiger partial charge in [0.1, 0.15) is 12.4 Å². The molecule has 1 aromatic rings. The number of nitrogens with zero attached hydrogens (tertiary/aromatic N) is 2. The summed E-state index contributed by atoms with van der Waals surface area (Å²) in [5, 5.41) is 3.01. The number of hydrogen-bond acceptors (Lipinski definition) is 4. The maximum atomic E-state index is 11.9. The van der Waals surface area contributed by atoms with Crippen LogP contribution in [0.4, 0.5) is 0 Å². The third-order valence-electron chi connectivity index (χ3n) is 5.17. The Bertz CT molecular complexity index is 513. The SMILES string of the molecule is C[C@@H](COc1ccccc1)N1CCC(CCC(=O)NCCN(C)C)CC1. The monoisotopic (exact) mass is 361 g/mol. The number of ether oxygens (including phenoxy) is 1. The van der Waals surface area contributed by atoms with E-state index in [1.165, 1.54) is 12.8 Å². The van der Waals surface area contributed by atoms with Crippen molar-refractivity contribution in [1.29, 1.82) is 0 Å². The molecule has 0 bridgehead atoms. The molecule has 1 amide bonds. The van der Waals surface area contributed by atoms with Gasteiger partial charge in [-0.05, 0) is 71.4 Å². The van der Waals surface area contributed by atoms with E-state index in [-0.39, 0.29) is 5.91 Å². The molecule has 0 saturated carbocycles. The molecule has 1 saturated heterocycles. The topological polar surface area (TPSA) is 44.8 Å². The molecule has 0 unspecified atom stereocenters. The average Bonchev–Trinajstić information content (AvgIpc) is 2.65. The van der Waals surface area contributed by atoms with E-state index in [4.69, 9.17) is 4.74 Å². The van der Waals surface area contributed by atoms with Crippen molar-refractivity contribution >= 4 is 5.91 Å². The quantitative estimate of drug-likeness (QED) is 0.696. The van der Waals surface area contributed by atoms with E-state index in [0.717, 1.165) is 45.0 Å². The highest BCUT2D eigenvalue weighted by Gasteiger charge is 2.23. The molecule has 5 heteroatoms. The van der Waals surface area contributed by atoms with E-state index < -0.39 is 0 Å². The van der Waals surface area contributed by atoms with Gasteiger partial charge in [0.05, 0.1) is 0 Å². The van der Waals surface area contributed by atoms with Gasteiger partial charge in [0.2, 0.25) is 5.91 Å². The normalized spacial score (nSPS) is 17.2. The molecule has 1 aliphatic heterocycles. The molecule has 0 spiro atoms. The van der Waals surface area contributed by atoms with Crippen LogP contribution in [0.1, 0.15) is 32.6 Å². The van der Waals surface area contributed by atoms with Crippen molar-refractivity contribution in [2.45, 2.75) is 38.6 Å². The molecule has 1 aromatic carbocycles. The van der Waals surface area contributed by atoms with Crippen molar-refractivity contribution in [3.63, 3.8) is 0 Å². The van der Waals surface area contributed by atoms with Crippen LogP contribution in [0.15, 0.2) is 30.3 Å². The summed E-state index contributed by atoms with van der Waals surface area (Å²) in [6.45, 7) is 6.80. The Morgan fingerprint density at radius 2 is 1.96 bits per heavy atom. The van der Waals surface area contributed by atoms with Crippen LogP contribution in [0.3, 0.4) is 0 Å². The van der Waals surface area contributed by atoms with Crippen molar-refractivity contribution in [1.82, 2.24) is 15.1 Å². The van der Waals surface area contributed by atoms with Gasteiger partial charge in [-0.1, -0.05) is 18.2 Å². The second-order valence-electron chi connectivity index (χ2n) is 7.64. The average molecular weight is 362 g/mol. The fraction of sp³-hybridized carbons (Fsp3) is 0.667. The summed E-state index contributed by atoms with van der Waals surface area (Å²) in [6.07, 6.45) is 4.03. The highest BCUT2D eigenvalue weighted by Crippen LogP contribution is 2.23. The summed E-state index contributed by atoms with van der Waals surface area (Å²) in [5.41, 5.74) is 0. The highest BCUT2D eigenvalue weighted by atomic mass is 16.5. The number of likely N-dealkylation sites (tertiary alicyclic amines) is 1. The Labute approximate surface area is 158 Å². The van der Waals surface area contributed by atoms with Gasteiger partial charge in [-0.2, -0.15) is 0 Å². The molecular formula is C21H35N3O2. The molecule has 146 valence electrons. The molecular weight excluding hydrogens is 326 g/mol. The first-order valence-electron chi connectivity index (χ1n) is 9.88. The molecule has 0 aromatic heterocycles. The number of piperidine rings is 1. The fourth-order valence-corrected chi connectivity index (χ4v) is 3.36. The summed E-state index contributed by atoms with van der Waals surface area (Å²) in [4.78, 5) is 16.5. The summed E-state index contributed by atoms with van der Waals surface area (Å²) in [6, 6.07) is 10.4. The zero-order valence-electron chi connectivity index (χ0n) is 16.6. The van der Waals surface area contributed by atoms with Gasteiger partial charge in [-0.3, -0.25) is 9.69 Å². The van der Waals surface area contributed by atoms with Crippen LogP contribution in [0, 0.1) is 5.92 Å². The molecule has 0 radical (unpaired) electrons. The van der Waals surface area contributed by atoms with E-state index in [9.17, 15) is 4.79 Å².